The van der Waals surface area contributed by atoms with Crippen LogP contribution in [0.15, 0.2) is 48.2 Å². The molecule has 3 rings (SSSR count). The summed E-state index contributed by atoms with van der Waals surface area (Å²) in [5.74, 6) is -0.936. The maximum absolute atomic E-state index is 13.1. The van der Waals surface area contributed by atoms with Crippen molar-refractivity contribution in [3.05, 3.63) is 64.3 Å². The minimum atomic E-state index is -0.386. The first-order valence-electron chi connectivity index (χ1n) is 9.22. The normalized spacial score (nSPS) is 14.1. The van der Waals surface area contributed by atoms with Gasteiger partial charge in [-0.3, -0.25) is 19.3 Å². The molecule has 1 aliphatic heterocycles. The third-order valence-electron chi connectivity index (χ3n) is 4.57. The molecule has 1 heterocycles. The summed E-state index contributed by atoms with van der Waals surface area (Å²) >= 11 is 6.20. The van der Waals surface area contributed by atoms with Crippen LogP contribution in [0.5, 0.6) is 0 Å². The Labute approximate surface area is 174 Å². The first kappa shape index (κ1) is 20.6. The van der Waals surface area contributed by atoms with Gasteiger partial charge in [-0.25, -0.2) is 0 Å². The zero-order chi connectivity index (χ0) is 21.3. The van der Waals surface area contributed by atoms with Gasteiger partial charge in [-0.1, -0.05) is 29.8 Å². The molecule has 0 unspecified atom stereocenters. The van der Waals surface area contributed by atoms with Crippen LogP contribution in [0.25, 0.3) is 5.57 Å². The highest BCUT2D eigenvalue weighted by atomic mass is 35.5. The zero-order valence-corrected chi connectivity index (χ0v) is 17.4. The Morgan fingerprint density at radius 2 is 1.62 bits per heavy atom. The molecule has 150 valence electrons. The first-order chi connectivity index (χ1) is 13.7. The van der Waals surface area contributed by atoms with Crippen molar-refractivity contribution in [1.29, 1.82) is 0 Å². The number of hydrogen-bond donors (Lipinski definition) is 2. The van der Waals surface area contributed by atoms with Gasteiger partial charge in [-0.05, 0) is 56.2 Å². The molecule has 0 aliphatic carbocycles. The second-order valence-corrected chi connectivity index (χ2v) is 7.58. The second-order valence-electron chi connectivity index (χ2n) is 7.17. The Morgan fingerprint density at radius 3 is 2.17 bits per heavy atom. The molecule has 6 nitrogen and oxygen atoms in total. The van der Waals surface area contributed by atoms with E-state index in [0.717, 1.165) is 5.56 Å². The van der Waals surface area contributed by atoms with Gasteiger partial charge in [0, 0.05) is 29.4 Å². The van der Waals surface area contributed by atoms with Crippen molar-refractivity contribution in [2.24, 2.45) is 0 Å². The van der Waals surface area contributed by atoms with Crippen LogP contribution in [0.3, 0.4) is 0 Å². The fourth-order valence-electron chi connectivity index (χ4n) is 3.14. The average molecular weight is 412 g/mol. The molecule has 0 fully saturated rings. The van der Waals surface area contributed by atoms with Gasteiger partial charge < -0.3 is 10.6 Å². The number of carbonyl (C=O) groups is 3. The number of anilines is 2. The molecule has 29 heavy (non-hydrogen) atoms. The quantitative estimate of drug-likeness (QED) is 0.722. The van der Waals surface area contributed by atoms with Gasteiger partial charge in [0.1, 0.15) is 5.70 Å². The van der Waals surface area contributed by atoms with Crippen LogP contribution < -0.4 is 10.6 Å². The molecule has 0 radical (unpaired) electrons. The topological polar surface area (TPSA) is 78.5 Å². The van der Waals surface area contributed by atoms with Crippen LogP contribution in [-0.4, -0.2) is 28.7 Å². The van der Waals surface area contributed by atoms with Gasteiger partial charge in [0.25, 0.3) is 11.8 Å². The molecule has 0 spiro atoms. The number of nitrogens with zero attached hydrogens (tertiary/aromatic N) is 1. The average Bonchev–Trinajstić information content (AvgIpc) is 2.88. The lowest BCUT2D eigenvalue weighted by Crippen LogP contribution is -2.38. The lowest BCUT2D eigenvalue weighted by Gasteiger charge is -2.19. The van der Waals surface area contributed by atoms with Gasteiger partial charge in [0.05, 0.1) is 5.57 Å². The number of hydrogen-bond acceptors (Lipinski definition) is 4. The third kappa shape index (κ3) is 4.17. The maximum atomic E-state index is 13.1. The van der Waals surface area contributed by atoms with Crippen molar-refractivity contribution in [2.75, 3.05) is 10.6 Å². The van der Waals surface area contributed by atoms with Crippen molar-refractivity contribution in [3.8, 4) is 0 Å². The van der Waals surface area contributed by atoms with Crippen LogP contribution in [0.2, 0.25) is 5.02 Å². The predicted molar refractivity (Wildman–Crippen MR) is 114 cm³/mol. The van der Waals surface area contributed by atoms with Gasteiger partial charge in [-0.15, -0.1) is 0 Å². The van der Waals surface area contributed by atoms with Crippen LogP contribution in [0.4, 0.5) is 11.4 Å². The van der Waals surface area contributed by atoms with E-state index in [4.69, 9.17) is 11.6 Å². The summed E-state index contributed by atoms with van der Waals surface area (Å²) < 4.78 is 0. The van der Waals surface area contributed by atoms with E-state index < -0.39 is 0 Å². The molecule has 0 aromatic heterocycles. The van der Waals surface area contributed by atoms with E-state index in [1.165, 1.54) is 11.8 Å². The molecule has 0 bridgehead atoms. The predicted octanol–water partition coefficient (Wildman–Crippen LogP) is 4.21. The van der Waals surface area contributed by atoms with Crippen LogP contribution >= 0.6 is 11.6 Å². The van der Waals surface area contributed by atoms with Crippen molar-refractivity contribution in [3.63, 3.8) is 0 Å². The van der Waals surface area contributed by atoms with E-state index in [0.29, 0.717) is 22.0 Å². The molecular formula is C22H22ClN3O3. The van der Waals surface area contributed by atoms with E-state index in [-0.39, 0.29) is 35.0 Å². The number of amides is 3. The third-order valence-corrected chi connectivity index (χ3v) is 4.97. The molecular weight excluding hydrogens is 390 g/mol. The van der Waals surface area contributed by atoms with Crippen LogP contribution in [-0.2, 0) is 14.4 Å². The lowest BCUT2D eigenvalue weighted by molar-refractivity contribution is -0.138. The van der Waals surface area contributed by atoms with Crippen LogP contribution in [0, 0.1) is 6.92 Å². The molecule has 1 aliphatic rings. The number of aryl methyl sites for hydroxylation is 1. The lowest BCUT2D eigenvalue weighted by atomic mass is 10.0. The molecule has 2 aromatic rings. The number of imide groups is 1. The summed E-state index contributed by atoms with van der Waals surface area (Å²) in [7, 11) is 0. The molecule has 2 N–H and O–H groups in total. The van der Waals surface area contributed by atoms with Crippen molar-refractivity contribution >= 4 is 46.3 Å². The van der Waals surface area contributed by atoms with E-state index in [9.17, 15) is 14.4 Å². The number of carbonyl (C=O) groups excluding carboxylic acids is 3. The number of benzene rings is 2. The Balaban J connectivity index is 2.05. The summed E-state index contributed by atoms with van der Waals surface area (Å²) in [4.78, 5) is 38.5. The number of nitrogens with one attached hydrogen (secondary N) is 2. The Kier molecular flexibility index (Phi) is 5.75. The molecule has 0 saturated heterocycles. The Hall–Kier alpha value is -3.12. The molecule has 0 saturated carbocycles. The first-order valence-corrected chi connectivity index (χ1v) is 9.60. The summed E-state index contributed by atoms with van der Waals surface area (Å²) in [6, 6.07) is 11.9. The monoisotopic (exact) mass is 411 g/mol. The summed E-state index contributed by atoms with van der Waals surface area (Å²) in [5.41, 5.74) is 3.22. The van der Waals surface area contributed by atoms with E-state index in [1.807, 2.05) is 19.1 Å². The Bertz CT molecular complexity index is 1030. The fourth-order valence-corrected chi connectivity index (χ4v) is 3.32. The highest BCUT2D eigenvalue weighted by molar-refractivity contribution is 6.37. The zero-order valence-electron chi connectivity index (χ0n) is 16.7. The smallest absolute Gasteiger partial charge is 0.278 e. The minimum absolute atomic E-state index is 0.186. The van der Waals surface area contributed by atoms with E-state index in [2.05, 4.69) is 10.6 Å². The summed E-state index contributed by atoms with van der Waals surface area (Å²) in [6.45, 7) is 6.89. The number of halogens is 1. The largest absolute Gasteiger partial charge is 0.350 e. The molecule has 3 amide bonds. The van der Waals surface area contributed by atoms with E-state index >= 15 is 0 Å². The fraction of sp³-hybridized carbons (Fsp3) is 0.227. The van der Waals surface area contributed by atoms with Gasteiger partial charge in [0.2, 0.25) is 5.91 Å². The van der Waals surface area contributed by atoms with Gasteiger partial charge >= 0.3 is 0 Å². The Morgan fingerprint density at radius 1 is 1.00 bits per heavy atom. The SMILES string of the molecule is CC(=O)Nc1ccc(C2=C(Nc3ccc(C)c(Cl)c3)C(=O)N(C(C)C)C2=O)cc1. The number of rotatable bonds is 5. The molecule has 0 atom stereocenters. The van der Waals surface area contributed by atoms with Crippen molar-refractivity contribution in [1.82, 2.24) is 4.90 Å². The minimum Gasteiger partial charge on any atom is -0.350 e. The second kappa shape index (κ2) is 8.09. The van der Waals surface area contributed by atoms with Gasteiger partial charge in [-0.2, -0.15) is 0 Å². The standard InChI is InChI=1S/C22H22ClN3O3/c1-12(2)26-21(28)19(15-6-9-16(10-7-15)24-14(4)27)20(22(26)29)25-17-8-5-13(3)18(23)11-17/h5-12,25H,1-4H3,(H,24,27). The highest BCUT2D eigenvalue weighted by Gasteiger charge is 2.40. The molecule has 2 aromatic carbocycles. The molecule has 7 heteroatoms. The maximum Gasteiger partial charge on any atom is 0.278 e. The summed E-state index contributed by atoms with van der Waals surface area (Å²) in [5, 5.41) is 6.33. The van der Waals surface area contributed by atoms with Gasteiger partial charge in [0.15, 0.2) is 0 Å². The van der Waals surface area contributed by atoms with E-state index in [1.54, 1.807) is 44.2 Å². The van der Waals surface area contributed by atoms with Crippen molar-refractivity contribution < 1.29 is 14.4 Å². The van der Waals surface area contributed by atoms with Crippen molar-refractivity contribution in [2.45, 2.75) is 33.7 Å². The van der Waals surface area contributed by atoms with Crippen LogP contribution in [0.1, 0.15) is 31.9 Å². The highest BCUT2D eigenvalue weighted by Crippen LogP contribution is 2.33. The summed E-state index contributed by atoms with van der Waals surface area (Å²) in [6.07, 6.45) is 0.